The molecule has 0 saturated carbocycles. The van der Waals surface area contributed by atoms with Crippen molar-refractivity contribution in [3.05, 3.63) is 75.4 Å². The van der Waals surface area contributed by atoms with Crippen molar-refractivity contribution in [2.45, 2.75) is 39.3 Å². The standard InChI is InChI=1S/C23H24BrN5O3/c1-3-4-12-31-19-11-10-17(24)13-18(19)21-20(15(2)25-23-26-27-28-29(21)23)22(30)32-14-16-8-6-5-7-9-16/h5-11,13,21H,3-4,12,14H2,1-2H3,(H,25,26,28). The summed E-state index contributed by atoms with van der Waals surface area (Å²) >= 11 is 3.54. The third-order valence-corrected chi connectivity index (χ3v) is 5.66. The number of carbonyl (C=O) groups is 1. The predicted octanol–water partition coefficient (Wildman–Crippen LogP) is 4.65. The zero-order chi connectivity index (χ0) is 22.5. The van der Waals surface area contributed by atoms with E-state index in [1.807, 2.05) is 55.5 Å². The first-order valence-corrected chi connectivity index (χ1v) is 11.3. The van der Waals surface area contributed by atoms with Crippen LogP contribution in [0.4, 0.5) is 5.95 Å². The third-order valence-electron chi connectivity index (χ3n) is 5.17. The van der Waals surface area contributed by atoms with E-state index < -0.39 is 12.0 Å². The van der Waals surface area contributed by atoms with Crippen LogP contribution in [0, 0.1) is 0 Å². The number of hydrogen-bond acceptors (Lipinski definition) is 7. The summed E-state index contributed by atoms with van der Waals surface area (Å²) in [5, 5.41) is 15.1. The Labute approximate surface area is 194 Å². The van der Waals surface area contributed by atoms with E-state index in [-0.39, 0.29) is 6.61 Å². The van der Waals surface area contributed by atoms with Crippen molar-refractivity contribution in [2.75, 3.05) is 11.9 Å². The number of unbranched alkanes of at least 4 members (excludes halogenated alkanes) is 1. The zero-order valence-corrected chi connectivity index (χ0v) is 19.5. The smallest absolute Gasteiger partial charge is 0.338 e. The van der Waals surface area contributed by atoms with E-state index >= 15 is 0 Å². The highest BCUT2D eigenvalue weighted by atomic mass is 79.9. The Morgan fingerprint density at radius 1 is 1.22 bits per heavy atom. The van der Waals surface area contributed by atoms with Crippen LogP contribution in [0.1, 0.15) is 43.9 Å². The summed E-state index contributed by atoms with van der Waals surface area (Å²) in [4.78, 5) is 13.3. The minimum Gasteiger partial charge on any atom is -0.493 e. The lowest BCUT2D eigenvalue weighted by atomic mass is 9.95. The molecule has 0 fully saturated rings. The third kappa shape index (κ3) is 4.67. The van der Waals surface area contributed by atoms with E-state index in [1.54, 1.807) is 4.68 Å². The van der Waals surface area contributed by atoms with Crippen LogP contribution in [0.25, 0.3) is 0 Å². The molecule has 1 aliphatic heterocycles. The van der Waals surface area contributed by atoms with Crippen molar-refractivity contribution in [1.29, 1.82) is 0 Å². The maximum absolute atomic E-state index is 13.3. The van der Waals surface area contributed by atoms with E-state index in [1.165, 1.54) is 0 Å². The number of nitrogens with one attached hydrogen (secondary N) is 1. The molecule has 32 heavy (non-hydrogen) atoms. The van der Waals surface area contributed by atoms with Crippen LogP contribution in [0.15, 0.2) is 64.3 Å². The summed E-state index contributed by atoms with van der Waals surface area (Å²) in [6.45, 7) is 4.68. The molecule has 1 N–H and O–H groups in total. The number of rotatable bonds is 8. The molecule has 3 aromatic rings. The maximum atomic E-state index is 13.3. The van der Waals surface area contributed by atoms with Gasteiger partial charge >= 0.3 is 5.97 Å². The van der Waals surface area contributed by atoms with Crippen LogP contribution in [-0.2, 0) is 16.1 Å². The van der Waals surface area contributed by atoms with Crippen molar-refractivity contribution in [2.24, 2.45) is 0 Å². The van der Waals surface area contributed by atoms with Crippen LogP contribution >= 0.6 is 15.9 Å². The van der Waals surface area contributed by atoms with Gasteiger partial charge in [0.15, 0.2) is 0 Å². The molecule has 1 unspecified atom stereocenters. The predicted molar refractivity (Wildman–Crippen MR) is 123 cm³/mol. The molecule has 1 aromatic heterocycles. The number of allylic oxidation sites excluding steroid dienone is 1. The molecule has 1 atom stereocenters. The quantitative estimate of drug-likeness (QED) is 0.357. The fourth-order valence-electron chi connectivity index (χ4n) is 3.56. The first kappa shape index (κ1) is 22.0. The highest BCUT2D eigenvalue weighted by Gasteiger charge is 2.36. The van der Waals surface area contributed by atoms with Crippen molar-refractivity contribution < 1.29 is 14.3 Å². The van der Waals surface area contributed by atoms with Crippen LogP contribution in [0.5, 0.6) is 5.75 Å². The Morgan fingerprint density at radius 2 is 2.03 bits per heavy atom. The average Bonchev–Trinajstić information content (AvgIpc) is 3.26. The van der Waals surface area contributed by atoms with Gasteiger partial charge in [0.1, 0.15) is 18.4 Å². The number of hydrogen-bond donors (Lipinski definition) is 1. The number of fused-ring (bicyclic) bond motifs is 1. The molecule has 4 rings (SSSR count). The lowest BCUT2D eigenvalue weighted by Gasteiger charge is -2.28. The molecule has 0 saturated heterocycles. The van der Waals surface area contributed by atoms with Crippen LogP contribution < -0.4 is 10.1 Å². The number of benzene rings is 2. The van der Waals surface area contributed by atoms with Gasteiger partial charge in [-0.05, 0) is 47.5 Å². The molecule has 2 heterocycles. The van der Waals surface area contributed by atoms with Gasteiger partial charge < -0.3 is 14.8 Å². The second kappa shape index (κ2) is 9.95. The molecule has 2 aromatic carbocycles. The van der Waals surface area contributed by atoms with Gasteiger partial charge in [0.05, 0.1) is 12.2 Å². The van der Waals surface area contributed by atoms with Gasteiger partial charge in [-0.2, -0.15) is 4.68 Å². The number of anilines is 1. The first-order chi connectivity index (χ1) is 15.6. The number of tetrazole rings is 1. The molecule has 9 heteroatoms. The van der Waals surface area contributed by atoms with Crippen LogP contribution in [-0.4, -0.2) is 32.8 Å². The molecule has 0 radical (unpaired) electrons. The number of esters is 1. The Balaban J connectivity index is 1.71. The Bertz CT molecular complexity index is 1130. The molecular formula is C23H24BrN5O3. The van der Waals surface area contributed by atoms with E-state index in [9.17, 15) is 4.79 Å². The maximum Gasteiger partial charge on any atom is 0.338 e. The lowest BCUT2D eigenvalue weighted by molar-refractivity contribution is -0.140. The van der Waals surface area contributed by atoms with Gasteiger partial charge in [-0.15, -0.1) is 0 Å². The Kier molecular flexibility index (Phi) is 6.84. The van der Waals surface area contributed by atoms with Crippen molar-refractivity contribution in [1.82, 2.24) is 20.2 Å². The van der Waals surface area contributed by atoms with E-state index in [0.29, 0.717) is 29.6 Å². The summed E-state index contributed by atoms with van der Waals surface area (Å²) in [5.41, 5.74) is 2.75. The summed E-state index contributed by atoms with van der Waals surface area (Å²) < 4.78 is 14.2. The normalized spacial score (nSPS) is 15.2. The summed E-state index contributed by atoms with van der Waals surface area (Å²) in [6, 6.07) is 14.7. The van der Waals surface area contributed by atoms with Gasteiger partial charge in [0.25, 0.3) is 0 Å². The second-order valence-electron chi connectivity index (χ2n) is 7.46. The summed E-state index contributed by atoms with van der Waals surface area (Å²) in [7, 11) is 0. The number of ether oxygens (including phenoxy) is 2. The minimum atomic E-state index is -0.598. The number of carbonyl (C=O) groups excluding carboxylic acids is 1. The molecule has 1 aliphatic rings. The SMILES string of the molecule is CCCCOc1ccc(Br)cc1C1C(C(=O)OCc2ccccc2)=C(C)Nc2nnnn21. The first-order valence-electron chi connectivity index (χ1n) is 10.5. The van der Waals surface area contributed by atoms with Crippen LogP contribution in [0.3, 0.4) is 0 Å². The Morgan fingerprint density at radius 3 is 2.81 bits per heavy atom. The van der Waals surface area contributed by atoms with Gasteiger partial charge in [0, 0.05) is 15.7 Å². The van der Waals surface area contributed by atoms with Crippen molar-refractivity contribution in [3.63, 3.8) is 0 Å². The summed E-state index contributed by atoms with van der Waals surface area (Å²) in [5.74, 6) is 0.687. The minimum absolute atomic E-state index is 0.171. The number of halogens is 1. The highest BCUT2D eigenvalue weighted by Crippen LogP contribution is 2.40. The monoisotopic (exact) mass is 497 g/mol. The topological polar surface area (TPSA) is 91.2 Å². The van der Waals surface area contributed by atoms with Gasteiger partial charge in [-0.1, -0.05) is 64.7 Å². The molecule has 0 aliphatic carbocycles. The van der Waals surface area contributed by atoms with Crippen molar-refractivity contribution >= 4 is 27.8 Å². The fraction of sp³-hybridized carbons (Fsp3) is 0.304. The zero-order valence-electron chi connectivity index (χ0n) is 17.9. The largest absolute Gasteiger partial charge is 0.493 e. The van der Waals surface area contributed by atoms with Gasteiger partial charge in [-0.25, -0.2) is 4.79 Å². The number of aromatic nitrogens is 4. The lowest BCUT2D eigenvalue weighted by Crippen LogP contribution is -2.30. The van der Waals surface area contributed by atoms with Gasteiger partial charge in [0.2, 0.25) is 5.95 Å². The average molecular weight is 498 g/mol. The van der Waals surface area contributed by atoms with E-state index in [2.05, 4.69) is 43.7 Å². The van der Waals surface area contributed by atoms with Crippen molar-refractivity contribution in [3.8, 4) is 5.75 Å². The number of nitrogens with zero attached hydrogens (tertiary/aromatic N) is 4. The highest BCUT2D eigenvalue weighted by molar-refractivity contribution is 9.10. The van der Waals surface area contributed by atoms with Crippen LogP contribution in [0.2, 0.25) is 0 Å². The summed E-state index contributed by atoms with van der Waals surface area (Å²) in [6.07, 6.45) is 1.95. The Hall–Kier alpha value is -3.20. The molecule has 0 bridgehead atoms. The second-order valence-corrected chi connectivity index (χ2v) is 8.37. The fourth-order valence-corrected chi connectivity index (χ4v) is 3.93. The molecule has 166 valence electrons. The van der Waals surface area contributed by atoms with Gasteiger partial charge in [-0.3, -0.25) is 0 Å². The molecule has 0 amide bonds. The van der Waals surface area contributed by atoms with E-state index in [0.717, 1.165) is 28.4 Å². The molecule has 8 nitrogen and oxygen atoms in total. The van der Waals surface area contributed by atoms with E-state index in [4.69, 9.17) is 9.47 Å². The molecular weight excluding hydrogens is 474 g/mol. The molecule has 0 spiro atoms.